The minimum absolute atomic E-state index is 0.435. The standard InChI is InChI=1S/C10H8F2N2O5S/c11-8-2-1-6(14(16)17)3-9(8)13-5-7(4-10(13)15)20(12,18)19/h1-3,7H,4-5H2. The Bertz CT molecular complexity index is 691. The Morgan fingerprint density at radius 1 is 1.40 bits per heavy atom. The largest absolute Gasteiger partial charge is 0.308 e. The maximum Gasteiger partial charge on any atom is 0.307 e. The molecule has 1 atom stereocenters. The Kier molecular flexibility index (Phi) is 3.42. The number of anilines is 1. The van der Waals surface area contributed by atoms with Crippen molar-refractivity contribution in [3.63, 3.8) is 0 Å². The fraction of sp³-hybridized carbons (Fsp3) is 0.300. The van der Waals surface area contributed by atoms with Crippen molar-refractivity contribution in [2.75, 3.05) is 11.4 Å². The van der Waals surface area contributed by atoms with E-state index in [1.165, 1.54) is 0 Å². The first-order chi connectivity index (χ1) is 9.20. The van der Waals surface area contributed by atoms with Crippen LogP contribution < -0.4 is 4.90 Å². The minimum Gasteiger partial charge on any atom is -0.308 e. The van der Waals surface area contributed by atoms with Gasteiger partial charge in [-0.25, -0.2) is 4.39 Å². The van der Waals surface area contributed by atoms with Crippen molar-refractivity contribution in [1.82, 2.24) is 0 Å². The molecule has 108 valence electrons. The number of nitro groups is 1. The molecule has 1 aromatic carbocycles. The number of nitrogens with zero attached hydrogens (tertiary/aromatic N) is 2. The molecule has 1 aliphatic heterocycles. The molecular formula is C10H8F2N2O5S. The lowest BCUT2D eigenvalue weighted by Crippen LogP contribution is -2.27. The van der Waals surface area contributed by atoms with Crippen LogP contribution in [0.25, 0.3) is 0 Å². The summed E-state index contributed by atoms with van der Waals surface area (Å²) >= 11 is 0. The van der Waals surface area contributed by atoms with Crippen molar-refractivity contribution in [3.05, 3.63) is 34.1 Å². The molecule has 0 N–H and O–H groups in total. The van der Waals surface area contributed by atoms with Gasteiger partial charge in [-0.1, -0.05) is 0 Å². The first-order valence-electron chi connectivity index (χ1n) is 5.38. The predicted molar refractivity (Wildman–Crippen MR) is 63.8 cm³/mol. The number of carbonyl (C=O) groups excluding carboxylic acids is 1. The van der Waals surface area contributed by atoms with Gasteiger partial charge in [-0.15, -0.1) is 3.89 Å². The molecule has 1 saturated heterocycles. The van der Waals surface area contributed by atoms with Crippen LogP contribution >= 0.6 is 0 Å². The van der Waals surface area contributed by atoms with Gasteiger partial charge in [0.2, 0.25) is 5.91 Å². The second-order valence-electron chi connectivity index (χ2n) is 4.20. The van der Waals surface area contributed by atoms with Gasteiger partial charge in [0.1, 0.15) is 11.1 Å². The topological polar surface area (TPSA) is 97.6 Å². The number of rotatable bonds is 3. The molecule has 1 fully saturated rings. The molecule has 0 spiro atoms. The van der Waals surface area contributed by atoms with Crippen molar-refractivity contribution in [2.45, 2.75) is 11.7 Å². The van der Waals surface area contributed by atoms with Crippen molar-refractivity contribution in [3.8, 4) is 0 Å². The molecule has 1 amide bonds. The lowest BCUT2D eigenvalue weighted by molar-refractivity contribution is -0.384. The third kappa shape index (κ3) is 2.59. The highest BCUT2D eigenvalue weighted by Crippen LogP contribution is 2.30. The number of carbonyl (C=O) groups is 1. The smallest absolute Gasteiger partial charge is 0.307 e. The highest BCUT2D eigenvalue weighted by molar-refractivity contribution is 7.87. The van der Waals surface area contributed by atoms with Crippen LogP contribution in [0.15, 0.2) is 18.2 Å². The van der Waals surface area contributed by atoms with Gasteiger partial charge in [0.25, 0.3) is 5.69 Å². The van der Waals surface area contributed by atoms with Crippen LogP contribution in [0.5, 0.6) is 0 Å². The Morgan fingerprint density at radius 2 is 2.05 bits per heavy atom. The number of nitro benzene ring substituents is 1. The molecule has 0 saturated carbocycles. The van der Waals surface area contributed by atoms with Crippen LogP contribution in [0.3, 0.4) is 0 Å². The van der Waals surface area contributed by atoms with Gasteiger partial charge in [0.15, 0.2) is 0 Å². The van der Waals surface area contributed by atoms with Crippen molar-refractivity contribution >= 4 is 27.5 Å². The second-order valence-corrected chi connectivity index (χ2v) is 5.82. The summed E-state index contributed by atoms with van der Waals surface area (Å²) in [6, 6.07) is 2.50. The van der Waals surface area contributed by atoms with Crippen LogP contribution in [0.1, 0.15) is 6.42 Å². The summed E-state index contributed by atoms with van der Waals surface area (Å²) in [5, 5.41) is 9.02. The molecule has 0 bridgehead atoms. The first kappa shape index (κ1) is 14.3. The minimum atomic E-state index is -4.93. The summed E-state index contributed by atoms with van der Waals surface area (Å²) in [7, 11) is -4.93. The number of non-ortho nitro benzene ring substituents is 1. The predicted octanol–water partition coefficient (Wildman–Crippen LogP) is 1.14. The maximum atomic E-state index is 13.6. The van der Waals surface area contributed by atoms with Crippen LogP contribution in [0, 0.1) is 15.9 Å². The fourth-order valence-corrected chi connectivity index (χ4v) is 2.59. The molecule has 20 heavy (non-hydrogen) atoms. The molecule has 2 rings (SSSR count). The van der Waals surface area contributed by atoms with Crippen LogP contribution in [-0.4, -0.2) is 31.0 Å². The summed E-state index contributed by atoms with van der Waals surface area (Å²) in [6.07, 6.45) is -0.624. The molecule has 1 unspecified atom stereocenters. The van der Waals surface area contributed by atoms with E-state index >= 15 is 0 Å². The summed E-state index contributed by atoms with van der Waals surface area (Å²) < 4.78 is 48.0. The van der Waals surface area contributed by atoms with Crippen LogP contribution in [0.2, 0.25) is 0 Å². The van der Waals surface area contributed by atoms with E-state index in [0.717, 1.165) is 18.2 Å². The second kappa shape index (κ2) is 4.78. The Hall–Kier alpha value is -2.10. The van der Waals surface area contributed by atoms with Crippen molar-refractivity contribution < 1.29 is 26.4 Å². The number of halogens is 2. The average molecular weight is 306 g/mol. The average Bonchev–Trinajstić information content (AvgIpc) is 2.71. The van der Waals surface area contributed by atoms with E-state index in [9.17, 15) is 31.6 Å². The zero-order valence-corrected chi connectivity index (χ0v) is 10.6. The molecule has 1 heterocycles. The SMILES string of the molecule is O=C1CC(S(=O)(=O)F)CN1c1cc([N+](=O)[O-])ccc1F. The number of amides is 1. The number of hydrogen-bond donors (Lipinski definition) is 0. The summed E-state index contributed by atoms with van der Waals surface area (Å²) in [5.74, 6) is -1.74. The van der Waals surface area contributed by atoms with Gasteiger partial charge in [-0.2, -0.15) is 8.42 Å². The number of benzene rings is 1. The van der Waals surface area contributed by atoms with E-state index in [-0.39, 0.29) is 0 Å². The summed E-state index contributed by atoms with van der Waals surface area (Å²) in [4.78, 5) is 22.1. The normalized spacial score (nSPS) is 19.4. The van der Waals surface area contributed by atoms with Crippen molar-refractivity contribution in [2.24, 2.45) is 0 Å². The molecule has 7 nitrogen and oxygen atoms in total. The van der Waals surface area contributed by atoms with Gasteiger partial charge < -0.3 is 4.90 Å². The molecule has 0 radical (unpaired) electrons. The Balaban J connectivity index is 2.40. The lowest BCUT2D eigenvalue weighted by Gasteiger charge is -2.16. The van der Waals surface area contributed by atoms with E-state index in [1.54, 1.807) is 0 Å². The van der Waals surface area contributed by atoms with E-state index in [1.807, 2.05) is 0 Å². The van der Waals surface area contributed by atoms with Gasteiger partial charge in [-0.3, -0.25) is 14.9 Å². The maximum absolute atomic E-state index is 13.6. The quantitative estimate of drug-likeness (QED) is 0.474. The highest BCUT2D eigenvalue weighted by Gasteiger charge is 2.40. The van der Waals surface area contributed by atoms with E-state index in [0.29, 0.717) is 4.90 Å². The summed E-state index contributed by atoms with van der Waals surface area (Å²) in [6.45, 7) is -0.574. The van der Waals surface area contributed by atoms with Crippen LogP contribution in [-0.2, 0) is 15.0 Å². The zero-order valence-electron chi connectivity index (χ0n) is 9.82. The highest BCUT2D eigenvalue weighted by atomic mass is 32.3. The molecule has 0 aromatic heterocycles. The Labute approximate surface area is 112 Å². The van der Waals surface area contributed by atoms with E-state index < -0.39 is 56.5 Å². The third-order valence-corrected chi connectivity index (χ3v) is 4.03. The van der Waals surface area contributed by atoms with Crippen molar-refractivity contribution in [1.29, 1.82) is 0 Å². The third-order valence-electron chi connectivity index (χ3n) is 2.92. The Morgan fingerprint density at radius 3 is 2.55 bits per heavy atom. The lowest BCUT2D eigenvalue weighted by atomic mass is 10.2. The molecule has 1 aliphatic rings. The molecular weight excluding hydrogens is 298 g/mol. The van der Waals surface area contributed by atoms with E-state index in [4.69, 9.17) is 0 Å². The van der Waals surface area contributed by atoms with Gasteiger partial charge in [-0.05, 0) is 6.07 Å². The number of hydrogen-bond acceptors (Lipinski definition) is 5. The van der Waals surface area contributed by atoms with Gasteiger partial charge in [0.05, 0.1) is 10.6 Å². The van der Waals surface area contributed by atoms with Gasteiger partial charge in [0, 0.05) is 25.1 Å². The van der Waals surface area contributed by atoms with E-state index in [2.05, 4.69) is 0 Å². The molecule has 1 aromatic rings. The molecule has 10 heteroatoms. The molecule has 0 aliphatic carbocycles. The van der Waals surface area contributed by atoms with Crippen LogP contribution in [0.4, 0.5) is 19.7 Å². The van der Waals surface area contributed by atoms with Gasteiger partial charge >= 0.3 is 10.2 Å². The zero-order chi connectivity index (χ0) is 15.1. The first-order valence-corrected chi connectivity index (χ1v) is 6.82. The fourth-order valence-electron chi connectivity index (χ4n) is 1.92. The summed E-state index contributed by atoms with van der Waals surface area (Å²) in [5.41, 5.74) is -0.892. The monoisotopic (exact) mass is 306 g/mol.